The van der Waals surface area contributed by atoms with Crippen molar-refractivity contribution in [3.05, 3.63) is 71.5 Å². The summed E-state index contributed by atoms with van der Waals surface area (Å²) >= 11 is 3.47. The normalized spacial score (nSPS) is 11.6. The molecule has 6 nitrogen and oxygen atoms in total. The number of pyridine rings is 1. The fourth-order valence-electron chi connectivity index (χ4n) is 3.11. The molecule has 0 N–H and O–H groups in total. The maximum atomic E-state index is 13.0. The maximum absolute atomic E-state index is 13.0. The minimum atomic E-state index is -3.75. The van der Waals surface area contributed by atoms with Gasteiger partial charge < -0.3 is 9.47 Å². The van der Waals surface area contributed by atoms with Crippen molar-refractivity contribution in [3.8, 4) is 22.6 Å². The summed E-state index contributed by atoms with van der Waals surface area (Å²) in [6.07, 6.45) is 3.17. The zero-order valence-electron chi connectivity index (χ0n) is 15.7. The van der Waals surface area contributed by atoms with Crippen LogP contribution in [0.5, 0.6) is 11.5 Å². The van der Waals surface area contributed by atoms with Crippen LogP contribution in [0.3, 0.4) is 0 Å². The molecule has 29 heavy (non-hydrogen) atoms. The summed E-state index contributed by atoms with van der Waals surface area (Å²) in [5.74, 6) is 1.24. The van der Waals surface area contributed by atoms with Crippen LogP contribution < -0.4 is 9.47 Å². The summed E-state index contributed by atoms with van der Waals surface area (Å²) in [5.41, 5.74) is 2.06. The zero-order chi connectivity index (χ0) is 20.6. The monoisotopic (exact) mass is 472 g/mol. The first-order valence-electron chi connectivity index (χ1n) is 8.65. The second-order valence-electron chi connectivity index (χ2n) is 6.26. The first-order chi connectivity index (χ1) is 14.0. The second kappa shape index (κ2) is 7.53. The molecule has 0 atom stereocenters. The molecule has 0 spiro atoms. The Kier molecular flexibility index (Phi) is 5.06. The van der Waals surface area contributed by atoms with Gasteiger partial charge in [-0.05, 0) is 51.8 Å². The largest absolute Gasteiger partial charge is 0.493 e. The maximum Gasteiger partial charge on any atom is 0.269 e. The van der Waals surface area contributed by atoms with E-state index in [9.17, 15) is 8.42 Å². The molecule has 4 rings (SSSR count). The summed E-state index contributed by atoms with van der Waals surface area (Å²) in [7, 11) is -0.595. The average molecular weight is 473 g/mol. The third-order valence-electron chi connectivity index (χ3n) is 4.58. The van der Waals surface area contributed by atoms with Crippen LogP contribution in [0.25, 0.3) is 22.2 Å². The van der Waals surface area contributed by atoms with E-state index in [2.05, 4.69) is 20.9 Å². The lowest BCUT2D eigenvalue weighted by Gasteiger charge is -2.10. The molecule has 8 heteroatoms. The number of rotatable bonds is 5. The molecule has 4 aromatic rings. The number of nitrogens with zero attached hydrogens (tertiary/aromatic N) is 2. The van der Waals surface area contributed by atoms with Crippen molar-refractivity contribution >= 4 is 37.0 Å². The zero-order valence-corrected chi connectivity index (χ0v) is 18.1. The van der Waals surface area contributed by atoms with Crippen LogP contribution in [0.4, 0.5) is 0 Å². The second-order valence-corrected chi connectivity index (χ2v) is 8.93. The fourth-order valence-corrected chi connectivity index (χ4v) is 5.08. The Morgan fingerprint density at radius 3 is 2.34 bits per heavy atom. The average Bonchev–Trinajstić information content (AvgIpc) is 3.10. The van der Waals surface area contributed by atoms with Crippen LogP contribution in [-0.4, -0.2) is 31.6 Å². The van der Waals surface area contributed by atoms with Crippen molar-refractivity contribution in [1.82, 2.24) is 8.96 Å². The van der Waals surface area contributed by atoms with Gasteiger partial charge in [-0.2, -0.15) is 0 Å². The van der Waals surface area contributed by atoms with Crippen LogP contribution in [0, 0.1) is 0 Å². The Bertz CT molecular complexity index is 1300. The molecule has 0 aliphatic rings. The van der Waals surface area contributed by atoms with E-state index in [0.29, 0.717) is 27.0 Å². The molecule has 0 fully saturated rings. The minimum Gasteiger partial charge on any atom is -0.493 e. The summed E-state index contributed by atoms with van der Waals surface area (Å²) in [5, 5.41) is 0.691. The van der Waals surface area contributed by atoms with Gasteiger partial charge in [0.15, 0.2) is 17.1 Å². The minimum absolute atomic E-state index is 0.204. The quantitative estimate of drug-likeness (QED) is 0.420. The molecule has 0 radical (unpaired) electrons. The molecule has 2 heterocycles. The Labute approximate surface area is 176 Å². The highest BCUT2D eigenvalue weighted by Crippen LogP contribution is 2.35. The Balaban J connectivity index is 1.84. The Morgan fingerprint density at radius 2 is 1.66 bits per heavy atom. The first kappa shape index (κ1) is 19.5. The first-order valence-corrected chi connectivity index (χ1v) is 10.9. The van der Waals surface area contributed by atoms with Gasteiger partial charge in [0.05, 0.1) is 19.1 Å². The van der Waals surface area contributed by atoms with Gasteiger partial charge >= 0.3 is 0 Å². The predicted octanol–water partition coefficient (Wildman–Crippen LogP) is 4.72. The van der Waals surface area contributed by atoms with E-state index in [1.165, 1.54) is 10.2 Å². The molecule has 0 amide bonds. The molecule has 0 saturated heterocycles. The molecular weight excluding hydrogens is 456 g/mol. The van der Waals surface area contributed by atoms with Gasteiger partial charge in [-0.1, -0.05) is 24.3 Å². The molecule has 0 saturated carbocycles. The molecule has 0 bridgehead atoms. The van der Waals surface area contributed by atoms with E-state index in [0.717, 1.165) is 11.1 Å². The lowest BCUT2D eigenvalue weighted by Crippen LogP contribution is -2.12. The molecule has 0 unspecified atom stereocenters. The van der Waals surface area contributed by atoms with Gasteiger partial charge in [0.1, 0.15) is 0 Å². The van der Waals surface area contributed by atoms with E-state index in [4.69, 9.17) is 9.47 Å². The number of hydrogen-bond donors (Lipinski definition) is 0. The molecule has 2 aromatic carbocycles. The third kappa shape index (κ3) is 3.38. The van der Waals surface area contributed by atoms with Crippen molar-refractivity contribution in [2.24, 2.45) is 0 Å². The summed E-state index contributed by atoms with van der Waals surface area (Å²) in [4.78, 5) is 4.65. The third-order valence-corrected chi connectivity index (χ3v) is 6.88. The molecule has 2 aromatic heterocycles. The number of halogens is 1. The Morgan fingerprint density at radius 1 is 0.931 bits per heavy atom. The highest BCUT2D eigenvalue weighted by molar-refractivity contribution is 9.10. The molecule has 0 aliphatic heterocycles. The van der Waals surface area contributed by atoms with Crippen molar-refractivity contribution in [2.45, 2.75) is 4.90 Å². The van der Waals surface area contributed by atoms with E-state index in [1.54, 1.807) is 50.7 Å². The number of benzene rings is 2. The van der Waals surface area contributed by atoms with Gasteiger partial charge in [-0.3, -0.25) is 0 Å². The van der Waals surface area contributed by atoms with Gasteiger partial charge in [0.25, 0.3) is 10.0 Å². The van der Waals surface area contributed by atoms with Crippen LogP contribution in [0.1, 0.15) is 0 Å². The highest BCUT2D eigenvalue weighted by Gasteiger charge is 2.22. The van der Waals surface area contributed by atoms with E-state index in [1.807, 2.05) is 24.3 Å². The van der Waals surface area contributed by atoms with Gasteiger partial charge in [-0.25, -0.2) is 17.4 Å². The summed E-state index contributed by atoms with van der Waals surface area (Å²) in [6.45, 7) is 0. The number of ether oxygens (including phenoxy) is 2. The fraction of sp³-hybridized carbons (Fsp3) is 0.0952. The topological polar surface area (TPSA) is 70.4 Å². The van der Waals surface area contributed by atoms with Crippen LogP contribution in [0.15, 0.2) is 76.4 Å². The number of methoxy groups -OCH3 is 2. The van der Waals surface area contributed by atoms with Crippen molar-refractivity contribution < 1.29 is 17.9 Å². The van der Waals surface area contributed by atoms with E-state index in [-0.39, 0.29) is 4.90 Å². The van der Waals surface area contributed by atoms with Gasteiger partial charge in [-0.15, -0.1) is 0 Å². The number of hydrogen-bond acceptors (Lipinski definition) is 5. The van der Waals surface area contributed by atoms with Crippen LogP contribution in [-0.2, 0) is 10.0 Å². The predicted molar refractivity (Wildman–Crippen MR) is 115 cm³/mol. The van der Waals surface area contributed by atoms with Crippen LogP contribution >= 0.6 is 15.9 Å². The number of fused-ring (bicyclic) bond motifs is 1. The van der Waals surface area contributed by atoms with Gasteiger partial charge in [0, 0.05) is 27.8 Å². The standard InChI is InChI=1S/C21H17BrN2O4S/c1-27-19-9-8-14(11-20(19)28-2)15-10-17-18(22)13-24(21(17)23-12-15)29(25,26)16-6-4-3-5-7-16/h3-13H,1-2H3. The lowest BCUT2D eigenvalue weighted by atomic mass is 10.1. The smallest absolute Gasteiger partial charge is 0.269 e. The molecular formula is C21H17BrN2O4S. The van der Waals surface area contributed by atoms with Gasteiger partial charge in [0.2, 0.25) is 0 Å². The van der Waals surface area contributed by atoms with E-state index < -0.39 is 10.0 Å². The molecule has 148 valence electrons. The summed E-state index contributed by atoms with van der Waals surface area (Å²) in [6, 6.07) is 15.7. The van der Waals surface area contributed by atoms with Crippen molar-refractivity contribution in [1.29, 1.82) is 0 Å². The summed E-state index contributed by atoms with van der Waals surface area (Å²) < 4.78 is 38.6. The number of aromatic nitrogens is 2. The van der Waals surface area contributed by atoms with Crippen LogP contribution in [0.2, 0.25) is 0 Å². The Hall–Kier alpha value is -2.84. The van der Waals surface area contributed by atoms with Crippen molar-refractivity contribution in [3.63, 3.8) is 0 Å². The molecule has 0 aliphatic carbocycles. The van der Waals surface area contributed by atoms with Crippen molar-refractivity contribution in [2.75, 3.05) is 14.2 Å². The SMILES string of the molecule is COc1ccc(-c2cnc3c(c2)c(Br)cn3S(=O)(=O)c2ccccc2)cc1OC. The van der Waals surface area contributed by atoms with E-state index >= 15 is 0 Å². The lowest BCUT2D eigenvalue weighted by molar-refractivity contribution is 0.355. The highest BCUT2D eigenvalue weighted by atomic mass is 79.9.